The average Bonchev–Trinajstić information content (AvgIpc) is 3.21. The van der Waals surface area contributed by atoms with E-state index in [2.05, 4.69) is 29.5 Å². The Morgan fingerprint density at radius 1 is 1.17 bits per heavy atom. The molecule has 0 fully saturated rings. The summed E-state index contributed by atoms with van der Waals surface area (Å²) in [6.07, 6.45) is 0. The molecule has 0 unspecified atom stereocenters. The number of aromatic nitrogens is 1. The minimum atomic E-state index is -0.313. The molecule has 1 amide bonds. The van der Waals surface area contributed by atoms with Gasteiger partial charge in [-0.3, -0.25) is 10.1 Å². The van der Waals surface area contributed by atoms with Crippen molar-refractivity contribution in [2.45, 2.75) is 19.3 Å². The van der Waals surface area contributed by atoms with Gasteiger partial charge in [0.2, 0.25) is 0 Å². The van der Waals surface area contributed by atoms with Gasteiger partial charge in [-0.05, 0) is 29.8 Å². The van der Waals surface area contributed by atoms with E-state index < -0.39 is 0 Å². The van der Waals surface area contributed by atoms with Gasteiger partial charge in [0.15, 0.2) is 5.13 Å². The van der Waals surface area contributed by atoms with Gasteiger partial charge in [0.25, 0.3) is 5.91 Å². The van der Waals surface area contributed by atoms with Gasteiger partial charge >= 0.3 is 0 Å². The zero-order chi connectivity index (χ0) is 20.9. The van der Waals surface area contributed by atoms with Crippen molar-refractivity contribution in [1.82, 2.24) is 4.98 Å². The molecule has 0 aliphatic rings. The SMILES string of the molecule is COc1ccc(C(C)(C)c2csc(NC(=O)c3ccccc3NCCO)n2)cc1. The van der Waals surface area contributed by atoms with E-state index in [0.29, 0.717) is 22.9 Å². The summed E-state index contributed by atoms with van der Waals surface area (Å²) in [6, 6.07) is 15.1. The summed E-state index contributed by atoms with van der Waals surface area (Å²) < 4.78 is 5.23. The number of rotatable bonds is 8. The minimum Gasteiger partial charge on any atom is -0.497 e. The number of hydrogen-bond acceptors (Lipinski definition) is 6. The molecule has 0 bridgehead atoms. The summed E-state index contributed by atoms with van der Waals surface area (Å²) >= 11 is 1.40. The molecule has 7 heteroatoms. The lowest BCUT2D eigenvalue weighted by atomic mass is 9.82. The van der Waals surface area contributed by atoms with Gasteiger partial charge in [0.1, 0.15) is 5.75 Å². The third-order valence-corrected chi connectivity index (χ3v) is 5.53. The largest absolute Gasteiger partial charge is 0.497 e. The van der Waals surface area contributed by atoms with Crippen molar-refractivity contribution in [1.29, 1.82) is 0 Å². The Morgan fingerprint density at radius 3 is 2.59 bits per heavy atom. The van der Waals surface area contributed by atoms with E-state index in [0.717, 1.165) is 17.0 Å². The van der Waals surface area contributed by atoms with Crippen LogP contribution < -0.4 is 15.4 Å². The van der Waals surface area contributed by atoms with Crippen LogP contribution in [0.25, 0.3) is 0 Å². The third-order valence-electron chi connectivity index (χ3n) is 4.78. The summed E-state index contributed by atoms with van der Waals surface area (Å²) in [5, 5.41) is 17.5. The number of amides is 1. The van der Waals surface area contributed by atoms with Crippen LogP contribution in [0.2, 0.25) is 0 Å². The molecule has 0 aliphatic heterocycles. The van der Waals surface area contributed by atoms with Crippen LogP contribution in [-0.4, -0.2) is 36.3 Å². The molecule has 3 rings (SSSR count). The maximum Gasteiger partial charge on any atom is 0.259 e. The smallest absolute Gasteiger partial charge is 0.259 e. The summed E-state index contributed by atoms with van der Waals surface area (Å²) in [5.41, 5.74) is 2.86. The van der Waals surface area contributed by atoms with Crippen LogP contribution in [0, 0.1) is 0 Å². The first kappa shape index (κ1) is 20.8. The highest BCUT2D eigenvalue weighted by Gasteiger charge is 2.26. The molecule has 0 saturated heterocycles. The molecule has 0 aliphatic carbocycles. The van der Waals surface area contributed by atoms with E-state index in [1.165, 1.54) is 11.3 Å². The quantitative estimate of drug-likeness (QED) is 0.519. The minimum absolute atomic E-state index is 0.00770. The molecule has 3 N–H and O–H groups in total. The Labute approximate surface area is 174 Å². The Morgan fingerprint density at radius 2 is 1.90 bits per heavy atom. The number of methoxy groups -OCH3 is 1. The van der Waals surface area contributed by atoms with Crippen LogP contribution in [-0.2, 0) is 5.41 Å². The van der Waals surface area contributed by atoms with Crippen molar-refractivity contribution in [3.05, 3.63) is 70.7 Å². The van der Waals surface area contributed by atoms with Crippen molar-refractivity contribution < 1.29 is 14.6 Å². The zero-order valence-corrected chi connectivity index (χ0v) is 17.5. The number of carbonyl (C=O) groups excluding carboxylic acids is 1. The molecule has 1 aromatic heterocycles. The predicted octanol–water partition coefficient (Wildman–Crippen LogP) is 4.13. The number of thiazole rings is 1. The number of hydrogen-bond donors (Lipinski definition) is 3. The molecule has 3 aromatic rings. The van der Waals surface area contributed by atoms with Gasteiger partial charge in [-0.15, -0.1) is 11.3 Å². The Kier molecular flexibility index (Phi) is 6.51. The first-order valence-electron chi connectivity index (χ1n) is 9.31. The normalized spacial score (nSPS) is 11.2. The van der Waals surface area contributed by atoms with Crippen LogP contribution in [0.5, 0.6) is 5.75 Å². The Hall–Kier alpha value is -2.90. The van der Waals surface area contributed by atoms with Gasteiger partial charge in [-0.25, -0.2) is 4.98 Å². The Balaban J connectivity index is 1.77. The van der Waals surface area contributed by atoms with Crippen LogP contribution in [0.1, 0.15) is 35.5 Å². The zero-order valence-electron chi connectivity index (χ0n) is 16.7. The second kappa shape index (κ2) is 9.07. The standard InChI is InChI=1S/C22H25N3O3S/c1-22(2,15-8-10-16(28-3)11-9-15)19-14-29-21(24-19)25-20(27)17-6-4-5-7-18(17)23-12-13-26/h4-11,14,23,26H,12-13H2,1-3H3,(H,24,25,27). The number of aliphatic hydroxyl groups excluding tert-OH is 1. The van der Waals surface area contributed by atoms with E-state index in [-0.39, 0.29) is 17.9 Å². The maximum absolute atomic E-state index is 12.7. The molecular weight excluding hydrogens is 386 g/mol. The fraction of sp³-hybridized carbons (Fsp3) is 0.273. The molecule has 0 radical (unpaired) electrons. The van der Waals surface area contributed by atoms with Crippen molar-refractivity contribution in [3.8, 4) is 5.75 Å². The van der Waals surface area contributed by atoms with Crippen molar-refractivity contribution in [2.75, 3.05) is 30.9 Å². The van der Waals surface area contributed by atoms with E-state index in [1.807, 2.05) is 41.8 Å². The molecule has 1 heterocycles. The highest BCUT2D eigenvalue weighted by atomic mass is 32.1. The summed E-state index contributed by atoms with van der Waals surface area (Å²) in [7, 11) is 1.65. The second-order valence-electron chi connectivity index (χ2n) is 7.04. The van der Waals surface area contributed by atoms with Gasteiger partial charge in [-0.1, -0.05) is 38.1 Å². The fourth-order valence-electron chi connectivity index (χ4n) is 2.96. The van der Waals surface area contributed by atoms with Gasteiger partial charge in [-0.2, -0.15) is 0 Å². The number of nitrogens with zero attached hydrogens (tertiary/aromatic N) is 1. The van der Waals surface area contributed by atoms with Crippen LogP contribution in [0.15, 0.2) is 53.9 Å². The summed E-state index contributed by atoms with van der Waals surface area (Å²) in [4.78, 5) is 17.4. The lowest BCUT2D eigenvalue weighted by Crippen LogP contribution is -2.20. The first-order chi connectivity index (χ1) is 14.0. The number of ether oxygens (including phenoxy) is 1. The number of anilines is 2. The van der Waals surface area contributed by atoms with Crippen LogP contribution in [0.4, 0.5) is 10.8 Å². The van der Waals surface area contributed by atoms with Gasteiger partial charge < -0.3 is 15.2 Å². The van der Waals surface area contributed by atoms with Crippen molar-refractivity contribution in [3.63, 3.8) is 0 Å². The van der Waals surface area contributed by atoms with E-state index in [1.54, 1.807) is 19.2 Å². The molecule has 2 aromatic carbocycles. The Bertz CT molecular complexity index is 967. The molecule has 6 nitrogen and oxygen atoms in total. The van der Waals surface area contributed by atoms with E-state index in [4.69, 9.17) is 9.84 Å². The van der Waals surface area contributed by atoms with E-state index >= 15 is 0 Å². The summed E-state index contributed by atoms with van der Waals surface area (Å²) in [5.74, 6) is 0.568. The summed E-state index contributed by atoms with van der Waals surface area (Å²) in [6.45, 7) is 4.57. The van der Waals surface area contributed by atoms with Crippen molar-refractivity contribution >= 4 is 28.1 Å². The maximum atomic E-state index is 12.7. The number of para-hydroxylation sites is 1. The second-order valence-corrected chi connectivity index (χ2v) is 7.90. The monoisotopic (exact) mass is 411 g/mol. The molecule has 0 atom stereocenters. The molecule has 29 heavy (non-hydrogen) atoms. The lowest BCUT2D eigenvalue weighted by Gasteiger charge is -2.23. The number of nitrogens with one attached hydrogen (secondary N) is 2. The number of aliphatic hydroxyl groups is 1. The molecule has 0 spiro atoms. The van der Waals surface area contributed by atoms with E-state index in [9.17, 15) is 4.79 Å². The predicted molar refractivity (Wildman–Crippen MR) is 117 cm³/mol. The number of benzene rings is 2. The van der Waals surface area contributed by atoms with Gasteiger partial charge in [0.05, 0.1) is 25.0 Å². The fourth-order valence-corrected chi connectivity index (χ4v) is 3.84. The van der Waals surface area contributed by atoms with Crippen LogP contribution >= 0.6 is 11.3 Å². The third kappa shape index (κ3) is 4.75. The first-order valence-corrected chi connectivity index (χ1v) is 10.2. The lowest BCUT2D eigenvalue weighted by molar-refractivity contribution is 0.102. The highest BCUT2D eigenvalue weighted by Crippen LogP contribution is 2.34. The van der Waals surface area contributed by atoms with Gasteiger partial charge in [0, 0.05) is 23.0 Å². The molecule has 152 valence electrons. The topological polar surface area (TPSA) is 83.5 Å². The molecular formula is C22H25N3O3S. The molecule has 0 saturated carbocycles. The van der Waals surface area contributed by atoms with Crippen molar-refractivity contribution in [2.24, 2.45) is 0 Å². The highest BCUT2D eigenvalue weighted by molar-refractivity contribution is 7.14. The van der Waals surface area contributed by atoms with Crippen LogP contribution in [0.3, 0.4) is 0 Å². The number of carbonyl (C=O) groups is 1. The average molecular weight is 412 g/mol.